The molecule has 3 aromatic rings. The van der Waals surface area contributed by atoms with Gasteiger partial charge in [-0.2, -0.15) is 10.2 Å². The summed E-state index contributed by atoms with van der Waals surface area (Å²) >= 11 is 0. The van der Waals surface area contributed by atoms with E-state index in [1.807, 2.05) is 20.0 Å². The number of aromatic nitrogens is 5. The largest absolute Gasteiger partial charge is 0.350 e. The number of carbonyl (C=O) groups excluding carboxylic acids is 1. The Labute approximate surface area is 261 Å². The molecule has 12 heteroatoms. The lowest BCUT2D eigenvalue weighted by Gasteiger charge is -2.34. The molecule has 1 fully saturated rings. The van der Waals surface area contributed by atoms with Gasteiger partial charge in [0.25, 0.3) is 15.9 Å². The first-order valence-electron chi connectivity index (χ1n) is 14.9. The van der Waals surface area contributed by atoms with Crippen molar-refractivity contribution >= 4 is 31.8 Å². The summed E-state index contributed by atoms with van der Waals surface area (Å²) in [4.78, 5) is 20.6. The second-order valence-electron chi connectivity index (χ2n) is 13.6. The number of anilines is 1. The first-order valence-corrected chi connectivity index (χ1v) is 19.0. The number of carbonyl (C=O) groups is 1. The fraction of sp³-hybridized carbons (Fsp3) is 0.613. The minimum absolute atomic E-state index is 0. The lowest BCUT2D eigenvalue weighted by molar-refractivity contribution is 0.0981. The molecule has 10 nitrogen and oxygen atoms in total. The maximum atomic E-state index is 13.6. The van der Waals surface area contributed by atoms with E-state index in [0.717, 1.165) is 23.6 Å². The van der Waals surface area contributed by atoms with Gasteiger partial charge in [0.15, 0.2) is 5.82 Å². The van der Waals surface area contributed by atoms with Gasteiger partial charge in [0, 0.05) is 33.0 Å². The van der Waals surface area contributed by atoms with Gasteiger partial charge in [0.2, 0.25) is 0 Å². The third-order valence-corrected chi connectivity index (χ3v) is 11.7. The number of aryl methyl sites for hydroxylation is 2. The summed E-state index contributed by atoms with van der Waals surface area (Å²) in [5.74, 6) is 1.76. The smallest absolute Gasteiger partial charge is 0.268 e. The number of sulfonamides is 1. The second-order valence-corrected chi connectivity index (χ2v) is 19.2. The first-order chi connectivity index (χ1) is 19.8. The average molecular weight is 636 g/mol. The molecule has 43 heavy (non-hydrogen) atoms. The maximum Gasteiger partial charge on any atom is 0.268 e. The van der Waals surface area contributed by atoms with Gasteiger partial charge in [0.05, 0.1) is 11.3 Å². The summed E-state index contributed by atoms with van der Waals surface area (Å²) < 4.78 is 31.7. The Morgan fingerprint density at radius 3 is 2.33 bits per heavy atom. The Balaban J connectivity index is 0.00000220. The van der Waals surface area contributed by atoms with Crippen LogP contribution in [0.1, 0.15) is 85.7 Å². The standard InChI is InChI=1S/C29H45N7O3S2.C2H6.H2/c1-20-17-29(6,7)35(18-20)26-22(27(37)33-41(38,39)23-19-34(8)31-21(23)2)11-12-24(30-26)36-15-13-25(32-36)40(9,10)16-14-28(3,4)5;1-2;/h11-13,15,19-20H,14,16-18H2,1-10H3,(H,33,37);1-2H3;1H/t20-;;/m0../s1. The van der Waals surface area contributed by atoms with E-state index in [2.05, 4.69) is 74.8 Å². The molecule has 0 aromatic carbocycles. The van der Waals surface area contributed by atoms with Crippen molar-refractivity contribution < 1.29 is 14.6 Å². The molecule has 1 N–H and O–H groups in total. The quantitative estimate of drug-likeness (QED) is 0.314. The summed E-state index contributed by atoms with van der Waals surface area (Å²) in [5.41, 5.74) is 0.498. The lowest BCUT2D eigenvalue weighted by Crippen LogP contribution is -2.41. The molecule has 1 atom stereocenters. The van der Waals surface area contributed by atoms with Crippen LogP contribution in [0.3, 0.4) is 0 Å². The zero-order chi connectivity index (χ0) is 32.5. The summed E-state index contributed by atoms with van der Waals surface area (Å²) in [5, 5.41) is 10.1. The molecule has 242 valence electrons. The first kappa shape index (κ1) is 34.6. The number of nitrogens with zero attached hydrogens (tertiary/aromatic N) is 6. The highest BCUT2D eigenvalue weighted by atomic mass is 32.3. The Hall–Kier alpha value is -2.86. The van der Waals surface area contributed by atoms with Crippen LogP contribution in [0.5, 0.6) is 0 Å². The molecule has 1 aliphatic heterocycles. The van der Waals surface area contributed by atoms with Crippen molar-refractivity contribution in [3.8, 4) is 5.82 Å². The van der Waals surface area contributed by atoms with Crippen LogP contribution >= 0.6 is 10.0 Å². The fourth-order valence-corrected chi connectivity index (χ4v) is 8.63. The molecule has 1 amide bonds. The third-order valence-electron chi connectivity index (χ3n) is 7.65. The number of pyridine rings is 1. The van der Waals surface area contributed by atoms with Crippen molar-refractivity contribution in [2.75, 3.05) is 29.7 Å². The number of hydrogen-bond donors (Lipinski definition) is 1. The number of amides is 1. The van der Waals surface area contributed by atoms with E-state index in [4.69, 9.17) is 10.1 Å². The molecule has 0 unspecified atom stereocenters. The van der Waals surface area contributed by atoms with Gasteiger partial charge in [-0.1, -0.05) is 41.5 Å². The van der Waals surface area contributed by atoms with Gasteiger partial charge < -0.3 is 4.90 Å². The molecule has 1 saturated heterocycles. The average Bonchev–Trinajstić information content (AvgIpc) is 3.60. The highest BCUT2D eigenvalue weighted by molar-refractivity contribution is 8.32. The van der Waals surface area contributed by atoms with E-state index in [0.29, 0.717) is 29.8 Å². The van der Waals surface area contributed by atoms with Crippen LogP contribution in [0.2, 0.25) is 0 Å². The van der Waals surface area contributed by atoms with Gasteiger partial charge >= 0.3 is 0 Å². The third kappa shape index (κ3) is 8.00. The monoisotopic (exact) mass is 635 g/mol. The van der Waals surface area contributed by atoms with E-state index >= 15 is 0 Å². The molecule has 1 aliphatic rings. The Kier molecular flexibility index (Phi) is 10.2. The van der Waals surface area contributed by atoms with Gasteiger partial charge in [-0.05, 0) is 81.4 Å². The molecule has 0 radical (unpaired) electrons. The van der Waals surface area contributed by atoms with Crippen LogP contribution in [-0.2, 0) is 17.1 Å². The molecule has 3 aromatic heterocycles. The summed E-state index contributed by atoms with van der Waals surface area (Å²) in [6.07, 6.45) is 9.91. The molecule has 4 heterocycles. The van der Waals surface area contributed by atoms with Crippen molar-refractivity contribution in [1.29, 1.82) is 0 Å². The van der Waals surface area contributed by atoms with E-state index in [1.54, 1.807) is 30.8 Å². The summed E-state index contributed by atoms with van der Waals surface area (Å²) in [7, 11) is -3.60. The van der Waals surface area contributed by atoms with E-state index in [9.17, 15) is 13.2 Å². The van der Waals surface area contributed by atoms with E-state index in [-0.39, 0.29) is 22.8 Å². The second kappa shape index (κ2) is 12.6. The van der Waals surface area contributed by atoms with Gasteiger partial charge in [-0.3, -0.25) is 9.48 Å². The Morgan fingerprint density at radius 1 is 1.14 bits per heavy atom. The topological polar surface area (TPSA) is 115 Å². The van der Waals surface area contributed by atoms with E-state index < -0.39 is 26.0 Å². The zero-order valence-electron chi connectivity index (χ0n) is 28.0. The van der Waals surface area contributed by atoms with Crippen LogP contribution in [0, 0.1) is 18.3 Å². The number of nitrogens with one attached hydrogen (secondary N) is 1. The predicted molar refractivity (Wildman–Crippen MR) is 179 cm³/mol. The number of hydrogen-bond acceptors (Lipinski definition) is 7. The minimum Gasteiger partial charge on any atom is -0.350 e. The van der Waals surface area contributed by atoms with Crippen LogP contribution in [-0.4, -0.2) is 69.2 Å². The maximum absolute atomic E-state index is 13.6. The van der Waals surface area contributed by atoms with Crippen LogP contribution in [0.25, 0.3) is 5.82 Å². The SMILES string of the molecule is CC.Cc1nn(C)cc1S(=O)(=O)NC(=O)c1ccc(-n2ccc(S(C)(C)CCC(C)(C)C)n2)nc1N1C[C@@H](C)CC1(C)C.[HH]. The molecule has 0 saturated carbocycles. The number of rotatable bonds is 8. The van der Waals surface area contributed by atoms with Crippen molar-refractivity contribution in [2.24, 2.45) is 18.4 Å². The van der Waals surface area contributed by atoms with Crippen molar-refractivity contribution in [2.45, 2.75) is 90.6 Å². The Morgan fingerprint density at radius 2 is 1.79 bits per heavy atom. The lowest BCUT2D eigenvalue weighted by atomic mass is 9.94. The highest BCUT2D eigenvalue weighted by Gasteiger charge is 2.39. The highest BCUT2D eigenvalue weighted by Crippen LogP contribution is 2.50. The summed E-state index contributed by atoms with van der Waals surface area (Å²) in [6, 6.07) is 5.43. The van der Waals surface area contributed by atoms with Crippen LogP contribution in [0.15, 0.2) is 40.5 Å². The minimum atomic E-state index is -4.13. The van der Waals surface area contributed by atoms with Gasteiger partial charge in [0.1, 0.15) is 15.7 Å². The molecule has 4 rings (SSSR count). The van der Waals surface area contributed by atoms with Crippen LogP contribution in [0.4, 0.5) is 5.82 Å². The Bertz CT molecular complexity index is 1560. The molecular formula is C31H53N7O3S2. The summed E-state index contributed by atoms with van der Waals surface area (Å²) in [6.45, 7) is 19.5. The molecule has 0 bridgehead atoms. The molecule has 0 aliphatic carbocycles. The zero-order valence-corrected chi connectivity index (χ0v) is 29.7. The molecular weight excluding hydrogens is 583 g/mol. The van der Waals surface area contributed by atoms with Gasteiger partial charge in [-0.25, -0.2) is 32.8 Å². The van der Waals surface area contributed by atoms with Gasteiger partial charge in [-0.15, -0.1) is 0 Å². The predicted octanol–water partition coefficient (Wildman–Crippen LogP) is 6.18. The van der Waals surface area contributed by atoms with Crippen molar-refractivity contribution in [1.82, 2.24) is 29.3 Å². The van der Waals surface area contributed by atoms with Crippen molar-refractivity contribution in [3.63, 3.8) is 0 Å². The van der Waals surface area contributed by atoms with E-state index in [1.165, 1.54) is 10.9 Å². The normalized spacial score (nSPS) is 17.4. The van der Waals surface area contributed by atoms with Crippen molar-refractivity contribution in [3.05, 3.63) is 41.9 Å². The fourth-order valence-electron chi connectivity index (χ4n) is 5.38. The van der Waals surface area contributed by atoms with Crippen LogP contribution < -0.4 is 9.62 Å². The molecule has 0 spiro atoms.